The minimum absolute atomic E-state index is 0.686. The lowest BCUT2D eigenvalue weighted by molar-refractivity contribution is 1.07. The van der Waals surface area contributed by atoms with Crippen molar-refractivity contribution in [1.82, 2.24) is 9.97 Å². The fraction of sp³-hybridized carbons (Fsp3) is 0.143. The van der Waals surface area contributed by atoms with Crippen LogP contribution in [0.4, 0.5) is 17.3 Å². The Morgan fingerprint density at radius 2 is 2.06 bits per heavy atom. The Kier molecular flexibility index (Phi) is 3.91. The molecule has 0 unspecified atom stereocenters. The maximum absolute atomic E-state index is 4.27. The molecule has 0 bridgehead atoms. The van der Waals surface area contributed by atoms with E-state index in [-0.39, 0.29) is 0 Å². The topological polar surface area (TPSA) is 41.0 Å². The highest BCUT2D eigenvalue weighted by atomic mass is 15.2. The van der Waals surface area contributed by atoms with Gasteiger partial charge in [-0.1, -0.05) is 24.3 Å². The first-order valence-electron chi connectivity index (χ1n) is 5.77. The molecule has 0 saturated carbocycles. The van der Waals surface area contributed by atoms with Crippen molar-refractivity contribution in [2.75, 3.05) is 23.8 Å². The number of rotatable bonds is 5. The molecule has 0 spiro atoms. The molecule has 2 aromatic rings. The molecule has 0 amide bonds. The predicted octanol–water partition coefficient (Wildman–Crippen LogP) is 2.84. The van der Waals surface area contributed by atoms with Crippen molar-refractivity contribution in [3.63, 3.8) is 0 Å². The zero-order chi connectivity index (χ0) is 12.8. The van der Waals surface area contributed by atoms with E-state index in [1.807, 2.05) is 48.3 Å². The third-order valence-electron chi connectivity index (χ3n) is 2.57. The molecule has 0 aliphatic heterocycles. The first-order chi connectivity index (χ1) is 8.81. The highest BCUT2D eigenvalue weighted by Gasteiger charge is 2.05. The predicted molar refractivity (Wildman–Crippen MR) is 75.2 cm³/mol. The van der Waals surface area contributed by atoms with Crippen LogP contribution >= 0.6 is 0 Å². The van der Waals surface area contributed by atoms with Gasteiger partial charge in [0.05, 0.1) is 0 Å². The summed E-state index contributed by atoms with van der Waals surface area (Å²) in [6.07, 6.45) is 3.35. The summed E-state index contributed by atoms with van der Waals surface area (Å²) >= 11 is 0. The van der Waals surface area contributed by atoms with Crippen LogP contribution in [-0.2, 0) is 0 Å². The number of hydrogen-bond donors (Lipinski definition) is 1. The number of aromatic nitrogens is 2. The molecule has 0 radical (unpaired) electrons. The lowest BCUT2D eigenvalue weighted by Gasteiger charge is -2.18. The van der Waals surface area contributed by atoms with Gasteiger partial charge in [-0.05, 0) is 12.1 Å². The molecule has 4 heteroatoms. The van der Waals surface area contributed by atoms with E-state index < -0.39 is 0 Å². The molecule has 1 N–H and O–H groups in total. The maximum Gasteiger partial charge on any atom is 0.138 e. The van der Waals surface area contributed by atoms with Gasteiger partial charge in [-0.2, -0.15) is 0 Å². The van der Waals surface area contributed by atoms with Gasteiger partial charge in [0, 0.05) is 25.3 Å². The van der Waals surface area contributed by atoms with Crippen LogP contribution in [0.3, 0.4) is 0 Å². The molecule has 1 aromatic carbocycles. The molecule has 0 fully saturated rings. The molecular weight excluding hydrogens is 224 g/mol. The lowest BCUT2D eigenvalue weighted by atomic mass is 10.3. The fourth-order valence-electron chi connectivity index (χ4n) is 1.59. The van der Waals surface area contributed by atoms with E-state index in [2.05, 4.69) is 21.9 Å². The molecule has 1 aromatic heterocycles. The monoisotopic (exact) mass is 240 g/mol. The van der Waals surface area contributed by atoms with Crippen LogP contribution in [0.15, 0.2) is 55.4 Å². The summed E-state index contributed by atoms with van der Waals surface area (Å²) in [5.74, 6) is 1.64. The van der Waals surface area contributed by atoms with Gasteiger partial charge in [0.25, 0.3) is 0 Å². The van der Waals surface area contributed by atoms with Crippen LogP contribution in [0.1, 0.15) is 0 Å². The third-order valence-corrected chi connectivity index (χ3v) is 2.57. The summed E-state index contributed by atoms with van der Waals surface area (Å²) in [5.41, 5.74) is 1.09. The van der Waals surface area contributed by atoms with Crippen molar-refractivity contribution in [2.45, 2.75) is 0 Å². The molecule has 0 atom stereocenters. The SMILES string of the molecule is C=CCNc1cc(N(C)c2ccccc2)ncn1. The fourth-order valence-corrected chi connectivity index (χ4v) is 1.59. The summed E-state index contributed by atoms with van der Waals surface area (Å²) in [6.45, 7) is 4.35. The summed E-state index contributed by atoms with van der Waals surface area (Å²) in [7, 11) is 1.98. The standard InChI is InChI=1S/C14H16N4/c1-3-9-15-13-10-14(17-11-16-13)18(2)12-7-5-4-6-8-12/h3-8,10-11H,1,9H2,2H3,(H,15,16,17). The normalized spacial score (nSPS) is 9.83. The quantitative estimate of drug-likeness (QED) is 0.816. The molecule has 4 nitrogen and oxygen atoms in total. The second-order valence-corrected chi connectivity index (χ2v) is 3.83. The van der Waals surface area contributed by atoms with Crippen LogP contribution in [0, 0.1) is 0 Å². The Labute approximate surface area is 107 Å². The molecule has 1 heterocycles. The molecule has 2 rings (SSSR count). The number of nitrogens with one attached hydrogen (secondary N) is 1. The highest BCUT2D eigenvalue weighted by molar-refractivity contribution is 5.61. The van der Waals surface area contributed by atoms with Gasteiger partial charge in [-0.15, -0.1) is 6.58 Å². The highest BCUT2D eigenvalue weighted by Crippen LogP contribution is 2.21. The Bertz CT molecular complexity index is 510. The van der Waals surface area contributed by atoms with Gasteiger partial charge in [0.15, 0.2) is 0 Å². The van der Waals surface area contributed by atoms with Crippen molar-refractivity contribution >= 4 is 17.3 Å². The lowest BCUT2D eigenvalue weighted by Crippen LogP contribution is -2.12. The van der Waals surface area contributed by atoms with E-state index in [4.69, 9.17) is 0 Å². The van der Waals surface area contributed by atoms with Crippen molar-refractivity contribution < 1.29 is 0 Å². The Morgan fingerprint density at radius 1 is 1.28 bits per heavy atom. The van der Waals surface area contributed by atoms with E-state index in [1.165, 1.54) is 0 Å². The molecular formula is C14H16N4. The van der Waals surface area contributed by atoms with Crippen LogP contribution in [0.2, 0.25) is 0 Å². The summed E-state index contributed by atoms with van der Waals surface area (Å²) in [5, 5.41) is 3.15. The van der Waals surface area contributed by atoms with E-state index in [0.717, 1.165) is 17.3 Å². The Balaban J connectivity index is 2.20. The van der Waals surface area contributed by atoms with Crippen molar-refractivity contribution in [1.29, 1.82) is 0 Å². The average Bonchev–Trinajstić information content (AvgIpc) is 2.45. The van der Waals surface area contributed by atoms with Gasteiger partial charge < -0.3 is 10.2 Å². The maximum atomic E-state index is 4.27. The van der Waals surface area contributed by atoms with E-state index in [9.17, 15) is 0 Å². The third kappa shape index (κ3) is 2.85. The number of para-hydroxylation sites is 1. The Hall–Kier alpha value is -2.36. The van der Waals surface area contributed by atoms with E-state index in [1.54, 1.807) is 12.4 Å². The minimum atomic E-state index is 0.686. The number of anilines is 3. The summed E-state index contributed by atoms with van der Waals surface area (Å²) < 4.78 is 0. The minimum Gasteiger partial charge on any atom is -0.366 e. The molecule has 0 aliphatic carbocycles. The largest absolute Gasteiger partial charge is 0.366 e. The van der Waals surface area contributed by atoms with Crippen LogP contribution in [-0.4, -0.2) is 23.6 Å². The second kappa shape index (κ2) is 5.82. The van der Waals surface area contributed by atoms with Crippen LogP contribution in [0.5, 0.6) is 0 Å². The zero-order valence-corrected chi connectivity index (χ0v) is 10.4. The van der Waals surface area contributed by atoms with Crippen molar-refractivity contribution in [3.8, 4) is 0 Å². The average molecular weight is 240 g/mol. The Morgan fingerprint density at radius 3 is 2.78 bits per heavy atom. The second-order valence-electron chi connectivity index (χ2n) is 3.83. The summed E-state index contributed by atoms with van der Waals surface area (Å²) in [6, 6.07) is 12.0. The van der Waals surface area contributed by atoms with Gasteiger partial charge in [-0.3, -0.25) is 0 Å². The van der Waals surface area contributed by atoms with E-state index >= 15 is 0 Å². The van der Waals surface area contributed by atoms with E-state index in [0.29, 0.717) is 6.54 Å². The van der Waals surface area contributed by atoms with Crippen molar-refractivity contribution in [3.05, 3.63) is 55.4 Å². The summed E-state index contributed by atoms with van der Waals surface area (Å²) in [4.78, 5) is 10.4. The van der Waals surface area contributed by atoms with Gasteiger partial charge in [0.1, 0.15) is 18.0 Å². The zero-order valence-electron chi connectivity index (χ0n) is 10.4. The number of hydrogen-bond acceptors (Lipinski definition) is 4. The first-order valence-corrected chi connectivity index (χ1v) is 5.77. The first kappa shape index (κ1) is 12.1. The van der Waals surface area contributed by atoms with Crippen molar-refractivity contribution in [2.24, 2.45) is 0 Å². The van der Waals surface area contributed by atoms with Gasteiger partial charge in [-0.25, -0.2) is 9.97 Å². The number of nitrogens with zero attached hydrogens (tertiary/aromatic N) is 3. The van der Waals surface area contributed by atoms with Crippen LogP contribution in [0.25, 0.3) is 0 Å². The molecule has 92 valence electrons. The van der Waals surface area contributed by atoms with Crippen LogP contribution < -0.4 is 10.2 Å². The molecule has 0 aliphatic rings. The molecule has 0 saturated heterocycles. The molecule has 18 heavy (non-hydrogen) atoms. The van der Waals surface area contributed by atoms with Gasteiger partial charge in [0.2, 0.25) is 0 Å². The van der Waals surface area contributed by atoms with Gasteiger partial charge >= 0.3 is 0 Å². The smallest absolute Gasteiger partial charge is 0.138 e. The number of benzene rings is 1.